The Balaban J connectivity index is 1.37. The highest BCUT2D eigenvalue weighted by atomic mass is 16.6. The number of hydrogen-bond acceptors (Lipinski definition) is 7. The van der Waals surface area contributed by atoms with Crippen LogP contribution in [0.5, 0.6) is 0 Å². The van der Waals surface area contributed by atoms with Crippen LogP contribution in [-0.4, -0.2) is 69.6 Å². The van der Waals surface area contributed by atoms with E-state index >= 15 is 0 Å². The molecule has 5 aromatic rings. The quantitative estimate of drug-likeness (QED) is 0.0782. The minimum absolute atomic E-state index is 0.109. The number of para-hydroxylation sites is 1. The smallest absolute Gasteiger partial charge is 0.122 e. The minimum atomic E-state index is -1.77. The fourth-order valence-corrected chi connectivity index (χ4v) is 6.94. The molecule has 1 heterocycles. The zero-order chi connectivity index (χ0) is 34.6. The number of aromatic amines is 1. The molecule has 1 aromatic heterocycles. The maximum Gasteiger partial charge on any atom is 0.122 e. The van der Waals surface area contributed by atoms with Gasteiger partial charge in [-0.1, -0.05) is 109 Å². The molecule has 4 N–H and O–H groups in total. The number of fused-ring (bicyclic) bond motifs is 1. The molecule has 0 saturated heterocycles. The van der Waals surface area contributed by atoms with E-state index in [1.165, 1.54) is 0 Å². The molecule has 8 heteroatoms. The summed E-state index contributed by atoms with van der Waals surface area (Å²) in [5, 5.41) is 35.6. The predicted octanol–water partition coefficient (Wildman–Crippen LogP) is 6.51. The van der Waals surface area contributed by atoms with Gasteiger partial charge >= 0.3 is 0 Å². The van der Waals surface area contributed by atoms with Crippen LogP contribution in [0.15, 0.2) is 121 Å². The van der Waals surface area contributed by atoms with Crippen molar-refractivity contribution in [3.8, 4) is 0 Å². The summed E-state index contributed by atoms with van der Waals surface area (Å²) in [5.41, 5.74) is 3.15. The number of aliphatic hydroxyl groups excluding tert-OH is 2. The van der Waals surface area contributed by atoms with Gasteiger partial charge in [-0.15, -0.1) is 0 Å². The van der Waals surface area contributed by atoms with Crippen LogP contribution < -0.4 is 0 Å². The van der Waals surface area contributed by atoms with Crippen molar-refractivity contribution in [1.29, 1.82) is 0 Å². The molecule has 6 rings (SSSR count). The third-order valence-corrected chi connectivity index (χ3v) is 9.69. The molecule has 0 amide bonds. The van der Waals surface area contributed by atoms with Crippen molar-refractivity contribution in [1.82, 2.24) is 4.98 Å². The van der Waals surface area contributed by atoms with E-state index in [-0.39, 0.29) is 32.8 Å². The minimum Gasteiger partial charge on any atom is -0.396 e. The number of rotatable bonds is 18. The van der Waals surface area contributed by atoms with E-state index in [9.17, 15) is 15.3 Å². The molecule has 0 spiro atoms. The van der Waals surface area contributed by atoms with Crippen molar-refractivity contribution in [3.05, 3.63) is 144 Å². The fraction of sp³-hybridized carbons (Fsp3) is 0.381. The van der Waals surface area contributed by atoms with Crippen molar-refractivity contribution >= 4 is 10.9 Å². The Hall–Kier alpha value is -3.86. The number of aliphatic hydroxyl groups is 3. The molecule has 1 aliphatic rings. The van der Waals surface area contributed by atoms with Crippen LogP contribution in [0.4, 0.5) is 0 Å². The van der Waals surface area contributed by atoms with Gasteiger partial charge in [0.2, 0.25) is 0 Å². The first-order valence-electron chi connectivity index (χ1n) is 17.7. The monoisotopic (exact) mass is 679 g/mol. The van der Waals surface area contributed by atoms with Crippen LogP contribution in [0, 0.1) is 0 Å². The maximum absolute atomic E-state index is 12.9. The van der Waals surface area contributed by atoms with E-state index in [4.69, 9.17) is 18.9 Å². The number of H-pyrrole nitrogens is 1. The summed E-state index contributed by atoms with van der Waals surface area (Å²) in [5.74, 6) is 0. The second-order valence-corrected chi connectivity index (χ2v) is 13.2. The van der Waals surface area contributed by atoms with Crippen molar-refractivity contribution in [3.63, 3.8) is 0 Å². The number of ether oxygens (including phenoxy) is 4. The maximum atomic E-state index is 12.9. The summed E-state index contributed by atoms with van der Waals surface area (Å²) in [4.78, 5) is 3.33. The molecular formula is C42H49NO7. The van der Waals surface area contributed by atoms with E-state index < -0.39 is 36.1 Å². The summed E-state index contributed by atoms with van der Waals surface area (Å²) in [6, 6.07) is 37.6. The zero-order valence-corrected chi connectivity index (χ0v) is 28.5. The van der Waals surface area contributed by atoms with Gasteiger partial charge in [0, 0.05) is 30.3 Å². The second kappa shape index (κ2) is 17.9. The highest BCUT2D eigenvalue weighted by Crippen LogP contribution is 2.41. The molecule has 264 valence electrons. The lowest BCUT2D eigenvalue weighted by Gasteiger charge is -2.53. The molecule has 1 aliphatic carbocycles. The Labute approximate surface area is 294 Å². The fourth-order valence-electron chi connectivity index (χ4n) is 6.94. The van der Waals surface area contributed by atoms with E-state index in [0.29, 0.717) is 25.9 Å². The average molecular weight is 680 g/mol. The lowest BCUT2D eigenvalue weighted by Crippen LogP contribution is -2.72. The Morgan fingerprint density at radius 3 is 1.78 bits per heavy atom. The van der Waals surface area contributed by atoms with Gasteiger partial charge in [0.15, 0.2) is 0 Å². The van der Waals surface area contributed by atoms with Gasteiger partial charge in [-0.3, -0.25) is 0 Å². The van der Waals surface area contributed by atoms with Gasteiger partial charge in [-0.25, -0.2) is 0 Å². The van der Waals surface area contributed by atoms with Gasteiger partial charge in [0.05, 0.1) is 19.8 Å². The number of nitrogens with one attached hydrogen (secondary N) is 1. The first-order chi connectivity index (χ1) is 24.6. The first-order valence-corrected chi connectivity index (χ1v) is 17.7. The van der Waals surface area contributed by atoms with Gasteiger partial charge in [0.25, 0.3) is 0 Å². The van der Waals surface area contributed by atoms with Gasteiger partial charge in [-0.05, 0) is 60.4 Å². The van der Waals surface area contributed by atoms with Crippen LogP contribution in [0.3, 0.4) is 0 Å². The van der Waals surface area contributed by atoms with Crippen molar-refractivity contribution in [2.75, 3.05) is 13.2 Å². The summed E-state index contributed by atoms with van der Waals surface area (Å²) in [6.07, 6.45) is -0.0672. The lowest BCUT2D eigenvalue weighted by atomic mass is 9.71. The molecule has 1 saturated carbocycles. The van der Waals surface area contributed by atoms with Gasteiger partial charge in [0.1, 0.15) is 36.1 Å². The normalized spacial score (nSPS) is 23.7. The topological polar surface area (TPSA) is 113 Å². The molecule has 4 aromatic carbocycles. The molecule has 6 unspecified atom stereocenters. The highest BCUT2D eigenvalue weighted by molar-refractivity contribution is 5.83. The predicted molar refractivity (Wildman–Crippen MR) is 193 cm³/mol. The van der Waals surface area contributed by atoms with Crippen LogP contribution in [-0.2, 0) is 45.2 Å². The summed E-state index contributed by atoms with van der Waals surface area (Å²) >= 11 is 0. The summed E-state index contributed by atoms with van der Waals surface area (Å²) in [7, 11) is 0. The lowest BCUT2D eigenvalue weighted by molar-refractivity contribution is -0.307. The van der Waals surface area contributed by atoms with Crippen molar-refractivity contribution in [2.24, 2.45) is 0 Å². The van der Waals surface area contributed by atoms with Crippen LogP contribution >= 0.6 is 0 Å². The van der Waals surface area contributed by atoms with Crippen LogP contribution in [0.2, 0.25) is 0 Å². The molecule has 50 heavy (non-hydrogen) atoms. The van der Waals surface area contributed by atoms with E-state index in [1.54, 1.807) is 0 Å². The molecule has 1 fully saturated rings. The Bertz CT molecular complexity index is 1700. The molecule has 0 radical (unpaired) electrons. The van der Waals surface area contributed by atoms with Crippen molar-refractivity contribution in [2.45, 2.75) is 88.0 Å². The SMILES string of the molecule is OCCCCCOC1C(OCc2ccccc2)C(OCc2ccccc2)C(OCc2ccccc2)C(O)(CCc2c[nH]c3ccccc23)C1O. The Kier molecular flexibility index (Phi) is 12.9. The third kappa shape index (κ3) is 8.89. The first kappa shape index (κ1) is 35.9. The second-order valence-electron chi connectivity index (χ2n) is 13.2. The van der Waals surface area contributed by atoms with Crippen LogP contribution in [0.1, 0.15) is 47.9 Å². The zero-order valence-electron chi connectivity index (χ0n) is 28.5. The third-order valence-electron chi connectivity index (χ3n) is 9.69. The molecular weight excluding hydrogens is 630 g/mol. The Morgan fingerprint density at radius 2 is 1.16 bits per heavy atom. The molecule has 0 aliphatic heterocycles. The van der Waals surface area contributed by atoms with Gasteiger partial charge in [-0.2, -0.15) is 0 Å². The standard InChI is InChI=1S/C42H49NO7/c44-25-13-4-14-26-47-38-37(48-28-31-15-5-1-6-16-31)39(49-29-32-17-7-2-8-18-32)41(50-30-33-19-9-3-10-20-33)42(46,40(38)45)24-23-34-27-43-36-22-12-11-21-35(34)36/h1-3,5-12,15-22,27,37-41,43-46H,4,13-14,23-26,28-30H2. The number of unbranched alkanes of at least 4 members (excludes halogenated alkanes) is 2. The average Bonchev–Trinajstić information content (AvgIpc) is 3.58. The molecule has 0 bridgehead atoms. The Morgan fingerprint density at radius 1 is 0.600 bits per heavy atom. The molecule has 6 atom stereocenters. The molecule has 8 nitrogen and oxygen atoms in total. The highest BCUT2D eigenvalue weighted by Gasteiger charge is 2.60. The number of aryl methyl sites for hydroxylation is 1. The summed E-state index contributed by atoms with van der Waals surface area (Å²) < 4.78 is 26.6. The van der Waals surface area contributed by atoms with E-state index in [0.717, 1.165) is 39.6 Å². The summed E-state index contributed by atoms with van der Waals surface area (Å²) in [6.45, 7) is 1.15. The van der Waals surface area contributed by atoms with Crippen LogP contribution in [0.25, 0.3) is 10.9 Å². The van der Waals surface area contributed by atoms with Crippen molar-refractivity contribution < 1.29 is 34.3 Å². The number of benzene rings is 4. The van der Waals surface area contributed by atoms with E-state index in [1.807, 2.05) is 115 Å². The number of hydrogen-bond donors (Lipinski definition) is 4. The van der Waals surface area contributed by atoms with Gasteiger partial charge < -0.3 is 39.3 Å². The largest absolute Gasteiger partial charge is 0.396 e. The number of aromatic nitrogens is 1. The van der Waals surface area contributed by atoms with E-state index in [2.05, 4.69) is 11.1 Å².